The van der Waals surface area contributed by atoms with Gasteiger partial charge in [0.05, 0.1) is 5.02 Å². The fourth-order valence-electron chi connectivity index (χ4n) is 1.82. The lowest BCUT2D eigenvalue weighted by Crippen LogP contribution is -1.90. The molecule has 0 fully saturated rings. The molecule has 0 saturated carbocycles. The van der Waals surface area contributed by atoms with Crippen LogP contribution in [0.15, 0.2) is 18.2 Å². The van der Waals surface area contributed by atoms with Crippen LogP contribution in [-0.4, -0.2) is 16.7 Å². The zero-order valence-corrected chi connectivity index (χ0v) is 9.43. The van der Waals surface area contributed by atoms with Crippen LogP contribution in [0.4, 0.5) is 0 Å². The number of fused-ring (bicyclic) bond motifs is 1. The maximum atomic E-state index is 8.79. The smallest absolute Gasteiger partial charge is 0.0531 e. The van der Waals surface area contributed by atoms with Crippen molar-refractivity contribution in [1.82, 2.24) is 4.98 Å². The Kier molecular flexibility index (Phi) is 2.98. The molecular weight excluding hydrogens is 210 g/mol. The Morgan fingerprint density at radius 2 is 2.20 bits per heavy atom. The van der Waals surface area contributed by atoms with Crippen molar-refractivity contribution < 1.29 is 5.11 Å². The largest absolute Gasteiger partial charge is 0.396 e. The number of H-pyrrole nitrogens is 1. The summed E-state index contributed by atoms with van der Waals surface area (Å²) in [5, 5.41) is 10.7. The van der Waals surface area contributed by atoms with Crippen molar-refractivity contribution in [3.63, 3.8) is 0 Å². The van der Waals surface area contributed by atoms with E-state index in [0.29, 0.717) is 0 Å². The Balaban J connectivity index is 2.45. The maximum absolute atomic E-state index is 8.79. The molecule has 2 nitrogen and oxygen atoms in total. The van der Waals surface area contributed by atoms with E-state index in [1.165, 1.54) is 0 Å². The van der Waals surface area contributed by atoms with Crippen LogP contribution in [0.5, 0.6) is 0 Å². The number of hydrogen-bond donors (Lipinski definition) is 2. The number of aliphatic hydroxyl groups is 1. The summed E-state index contributed by atoms with van der Waals surface area (Å²) in [7, 11) is 0. The van der Waals surface area contributed by atoms with E-state index in [1.54, 1.807) is 0 Å². The molecular formula is C12H14ClNO. The summed E-state index contributed by atoms with van der Waals surface area (Å²) in [5.41, 5.74) is 3.30. The predicted molar refractivity (Wildman–Crippen MR) is 63.5 cm³/mol. The van der Waals surface area contributed by atoms with Gasteiger partial charge < -0.3 is 10.1 Å². The molecule has 0 atom stereocenters. The number of aromatic amines is 1. The van der Waals surface area contributed by atoms with Gasteiger partial charge in [-0.15, -0.1) is 0 Å². The molecule has 3 heteroatoms. The molecule has 2 rings (SSSR count). The molecule has 0 amide bonds. The summed E-state index contributed by atoms with van der Waals surface area (Å²) < 4.78 is 0. The molecule has 2 N–H and O–H groups in total. The maximum Gasteiger partial charge on any atom is 0.0531 e. The predicted octanol–water partition coefficient (Wildman–Crippen LogP) is 3.05. The van der Waals surface area contributed by atoms with Crippen LogP contribution in [0.25, 0.3) is 10.9 Å². The lowest BCUT2D eigenvalue weighted by Gasteiger charge is -2.03. The average Bonchev–Trinajstić information content (AvgIpc) is 2.59. The SMILES string of the molecule is Cc1cc2c(Cl)c(CCCO)ccc2[nH]1. The van der Waals surface area contributed by atoms with Gasteiger partial charge in [0.25, 0.3) is 0 Å². The topological polar surface area (TPSA) is 36.0 Å². The molecule has 2 aromatic rings. The summed E-state index contributed by atoms with van der Waals surface area (Å²) in [6.07, 6.45) is 1.59. The van der Waals surface area contributed by atoms with Crippen molar-refractivity contribution in [2.45, 2.75) is 19.8 Å². The van der Waals surface area contributed by atoms with Gasteiger partial charge in [0.1, 0.15) is 0 Å². The minimum absolute atomic E-state index is 0.209. The number of rotatable bonds is 3. The normalized spacial score (nSPS) is 11.1. The quantitative estimate of drug-likeness (QED) is 0.825. The van der Waals surface area contributed by atoms with Gasteiger partial charge in [0.15, 0.2) is 0 Å². The summed E-state index contributed by atoms with van der Waals surface area (Å²) in [5.74, 6) is 0. The number of halogens is 1. The van der Waals surface area contributed by atoms with Gasteiger partial charge in [-0.05, 0) is 37.5 Å². The standard InChI is InChI=1S/C12H14ClNO/c1-8-7-10-11(14-8)5-4-9(12(10)13)3-2-6-15/h4-5,7,14-15H,2-3,6H2,1H3. The minimum atomic E-state index is 0.209. The lowest BCUT2D eigenvalue weighted by molar-refractivity contribution is 0.288. The molecule has 1 heterocycles. The van der Waals surface area contributed by atoms with Crippen LogP contribution in [0.1, 0.15) is 17.7 Å². The summed E-state index contributed by atoms with van der Waals surface area (Å²) in [4.78, 5) is 3.25. The van der Waals surface area contributed by atoms with Crippen LogP contribution in [0.3, 0.4) is 0 Å². The van der Waals surface area contributed by atoms with Crippen molar-refractivity contribution in [2.24, 2.45) is 0 Å². The second-order valence-electron chi connectivity index (χ2n) is 3.78. The second-order valence-corrected chi connectivity index (χ2v) is 4.16. The average molecular weight is 224 g/mol. The molecule has 0 unspecified atom stereocenters. The molecule has 1 aromatic carbocycles. The van der Waals surface area contributed by atoms with E-state index < -0.39 is 0 Å². The molecule has 15 heavy (non-hydrogen) atoms. The van der Waals surface area contributed by atoms with Crippen LogP contribution >= 0.6 is 11.6 Å². The highest BCUT2D eigenvalue weighted by Crippen LogP contribution is 2.28. The van der Waals surface area contributed by atoms with Gasteiger partial charge in [-0.3, -0.25) is 0 Å². The highest BCUT2D eigenvalue weighted by Gasteiger charge is 2.06. The van der Waals surface area contributed by atoms with Gasteiger partial charge in [-0.1, -0.05) is 17.7 Å². The van der Waals surface area contributed by atoms with Crippen molar-refractivity contribution in [1.29, 1.82) is 0 Å². The number of aliphatic hydroxyl groups excluding tert-OH is 1. The molecule has 80 valence electrons. The highest BCUT2D eigenvalue weighted by molar-refractivity contribution is 6.36. The van der Waals surface area contributed by atoms with Crippen LogP contribution in [0, 0.1) is 6.92 Å². The van der Waals surface area contributed by atoms with Gasteiger partial charge in [-0.25, -0.2) is 0 Å². The third kappa shape index (κ3) is 2.01. The lowest BCUT2D eigenvalue weighted by atomic mass is 10.1. The second kappa shape index (κ2) is 4.25. The third-order valence-electron chi connectivity index (χ3n) is 2.56. The van der Waals surface area contributed by atoms with Crippen LogP contribution in [0.2, 0.25) is 5.02 Å². The minimum Gasteiger partial charge on any atom is -0.396 e. The number of aromatic nitrogens is 1. The third-order valence-corrected chi connectivity index (χ3v) is 3.00. The van der Waals surface area contributed by atoms with Gasteiger partial charge in [0, 0.05) is 23.2 Å². The number of nitrogens with one attached hydrogen (secondary N) is 1. The van der Waals surface area contributed by atoms with Gasteiger partial charge in [-0.2, -0.15) is 0 Å². The van der Waals surface area contributed by atoms with E-state index in [-0.39, 0.29) is 6.61 Å². The fourth-order valence-corrected chi connectivity index (χ4v) is 2.13. The Morgan fingerprint density at radius 3 is 2.93 bits per heavy atom. The number of hydrogen-bond acceptors (Lipinski definition) is 1. The van der Waals surface area contributed by atoms with Gasteiger partial charge >= 0.3 is 0 Å². The van der Waals surface area contributed by atoms with Gasteiger partial charge in [0.2, 0.25) is 0 Å². The first-order valence-corrected chi connectivity index (χ1v) is 5.47. The first-order chi connectivity index (χ1) is 7.22. The summed E-state index contributed by atoms with van der Waals surface area (Å²) >= 11 is 6.29. The number of aryl methyl sites for hydroxylation is 2. The molecule has 0 radical (unpaired) electrons. The fraction of sp³-hybridized carbons (Fsp3) is 0.333. The zero-order chi connectivity index (χ0) is 10.8. The summed E-state index contributed by atoms with van der Waals surface area (Å²) in [6, 6.07) is 6.12. The molecule has 0 aliphatic rings. The molecule has 0 saturated heterocycles. The first-order valence-electron chi connectivity index (χ1n) is 5.10. The van der Waals surface area contributed by atoms with Crippen LogP contribution in [-0.2, 0) is 6.42 Å². The highest BCUT2D eigenvalue weighted by atomic mass is 35.5. The zero-order valence-electron chi connectivity index (χ0n) is 8.68. The molecule has 0 aliphatic carbocycles. The van der Waals surface area contributed by atoms with E-state index in [1.807, 2.05) is 19.1 Å². The molecule has 0 spiro atoms. The van der Waals surface area contributed by atoms with E-state index >= 15 is 0 Å². The van der Waals surface area contributed by atoms with Crippen molar-refractivity contribution in [3.8, 4) is 0 Å². The number of benzene rings is 1. The summed E-state index contributed by atoms with van der Waals surface area (Å²) in [6.45, 7) is 2.23. The Morgan fingerprint density at radius 1 is 1.40 bits per heavy atom. The van der Waals surface area contributed by atoms with E-state index in [0.717, 1.165) is 40.0 Å². The Bertz CT molecular complexity index is 476. The first kappa shape index (κ1) is 10.5. The van der Waals surface area contributed by atoms with E-state index in [9.17, 15) is 0 Å². The van der Waals surface area contributed by atoms with E-state index in [4.69, 9.17) is 16.7 Å². The van der Waals surface area contributed by atoms with Crippen molar-refractivity contribution in [2.75, 3.05) is 6.61 Å². The van der Waals surface area contributed by atoms with Crippen molar-refractivity contribution >= 4 is 22.5 Å². The van der Waals surface area contributed by atoms with Crippen molar-refractivity contribution in [3.05, 3.63) is 34.5 Å². The Hall–Kier alpha value is -0.990. The molecule has 0 aliphatic heterocycles. The monoisotopic (exact) mass is 223 g/mol. The molecule has 0 bridgehead atoms. The van der Waals surface area contributed by atoms with E-state index in [2.05, 4.69) is 11.1 Å². The molecule has 1 aromatic heterocycles. The van der Waals surface area contributed by atoms with Crippen LogP contribution < -0.4 is 0 Å². The Labute approximate surface area is 93.9 Å².